The number of anilines is 1. The number of hydrogen-bond acceptors (Lipinski definition) is 7. The molecule has 12 heteroatoms. The molecular formula is C21H21FN6O4S. The van der Waals surface area contributed by atoms with Crippen LogP contribution in [-0.2, 0) is 11.3 Å². The summed E-state index contributed by atoms with van der Waals surface area (Å²) in [5.74, 6) is -0.995. The van der Waals surface area contributed by atoms with Gasteiger partial charge in [0.15, 0.2) is 11.0 Å². The number of nitrogens with one attached hydrogen (secondary N) is 2. The Bertz CT molecular complexity index is 1170. The molecule has 0 radical (unpaired) electrons. The number of thioether (sulfide) groups is 1. The molecule has 33 heavy (non-hydrogen) atoms. The number of nitrogens with zero attached hydrogens (tertiary/aromatic N) is 4. The summed E-state index contributed by atoms with van der Waals surface area (Å²) < 4.78 is 15.6. The molecule has 2 amide bonds. The average molecular weight is 473 g/mol. The van der Waals surface area contributed by atoms with E-state index in [9.17, 15) is 24.1 Å². The van der Waals surface area contributed by atoms with Gasteiger partial charge >= 0.3 is 0 Å². The third-order valence-corrected chi connectivity index (χ3v) is 5.58. The van der Waals surface area contributed by atoms with Gasteiger partial charge in [-0.15, -0.1) is 10.2 Å². The predicted octanol–water partition coefficient (Wildman–Crippen LogP) is 3.57. The van der Waals surface area contributed by atoms with Crippen molar-refractivity contribution < 1.29 is 18.9 Å². The number of halogens is 1. The van der Waals surface area contributed by atoms with Gasteiger partial charge in [0.05, 0.1) is 22.3 Å². The van der Waals surface area contributed by atoms with E-state index in [1.807, 2.05) is 6.92 Å². The Balaban J connectivity index is 1.61. The highest BCUT2D eigenvalue weighted by Gasteiger charge is 2.21. The van der Waals surface area contributed by atoms with Crippen LogP contribution in [0.15, 0.2) is 53.7 Å². The number of nitro groups is 1. The van der Waals surface area contributed by atoms with Crippen LogP contribution in [0.2, 0.25) is 0 Å². The van der Waals surface area contributed by atoms with Crippen molar-refractivity contribution in [3.63, 3.8) is 0 Å². The Morgan fingerprint density at radius 2 is 1.88 bits per heavy atom. The predicted molar refractivity (Wildman–Crippen MR) is 120 cm³/mol. The van der Waals surface area contributed by atoms with E-state index in [0.29, 0.717) is 23.2 Å². The zero-order valence-corrected chi connectivity index (χ0v) is 18.6. The van der Waals surface area contributed by atoms with E-state index in [0.717, 1.165) is 11.8 Å². The van der Waals surface area contributed by atoms with Crippen LogP contribution < -0.4 is 10.6 Å². The summed E-state index contributed by atoms with van der Waals surface area (Å²) in [5, 5.41) is 24.8. The van der Waals surface area contributed by atoms with Crippen LogP contribution in [0.25, 0.3) is 0 Å². The number of rotatable bonds is 9. The minimum absolute atomic E-state index is 0.0328. The van der Waals surface area contributed by atoms with Gasteiger partial charge in [-0.3, -0.25) is 19.7 Å². The summed E-state index contributed by atoms with van der Waals surface area (Å²) in [6.07, 6.45) is 0. The van der Waals surface area contributed by atoms with Crippen LogP contribution in [0.3, 0.4) is 0 Å². The van der Waals surface area contributed by atoms with E-state index in [1.54, 1.807) is 17.6 Å². The third-order valence-electron chi connectivity index (χ3n) is 4.61. The van der Waals surface area contributed by atoms with Crippen molar-refractivity contribution in [3.8, 4) is 0 Å². The highest BCUT2D eigenvalue weighted by molar-refractivity contribution is 7.99. The summed E-state index contributed by atoms with van der Waals surface area (Å²) in [6, 6.07) is 10.7. The Labute approximate surface area is 192 Å². The summed E-state index contributed by atoms with van der Waals surface area (Å²) in [6.45, 7) is 4.08. The minimum Gasteiger partial charge on any atom is -0.342 e. The van der Waals surface area contributed by atoms with Gasteiger partial charge in [-0.05, 0) is 38.1 Å². The zero-order valence-electron chi connectivity index (χ0n) is 17.8. The van der Waals surface area contributed by atoms with Gasteiger partial charge in [-0.2, -0.15) is 0 Å². The Morgan fingerprint density at radius 3 is 2.52 bits per heavy atom. The van der Waals surface area contributed by atoms with E-state index in [4.69, 9.17) is 0 Å². The van der Waals surface area contributed by atoms with Crippen molar-refractivity contribution in [2.24, 2.45) is 0 Å². The van der Waals surface area contributed by atoms with Gasteiger partial charge in [0, 0.05) is 24.4 Å². The second-order valence-electron chi connectivity index (χ2n) is 6.90. The molecule has 1 atom stereocenters. The molecule has 0 spiro atoms. The molecule has 172 valence electrons. The van der Waals surface area contributed by atoms with Gasteiger partial charge in [0.1, 0.15) is 5.82 Å². The first-order valence-electron chi connectivity index (χ1n) is 9.95. The number of amides is 2. The van der Waals surface area contributed by atoms with Crippen LogP contribution in [0.1, 0.15) is 36.1 Å². The molecule has 0 saturated carbocycles. The fourth-order valence-corrected chi connectivity index (χ4v) is 3.81. The molecule has 3 aromatic rings. The van der Waals surface area contributed by atoms with Crippen LogP contribution in [0.5, 0.6) is 0 Å². The fraction of sp³-hybridized carbons (Fsp3) is 0.238. The van der Waals surface area contributed by atoms with Gasteiger partial charge < -0.3 is 15.2 Å². The number of aromatic nitrogens is 3. The van der Waals surface area contributed by atoms with E-state index < -0.39 is 22.7 Å². The molecule has 1 aromatic heterocycles. The van der Waals surface area contributed by atoms with Crippen molar-refractivity contribution in [1.82, 2.24) is 20.1 Å². The quantitative estimate of drug-likeness (QED) is 0.276. The number of carbonyl (C=O) groups is 2. The largest absolute Gasteiger partial charge is 0.342 e. The number of benzene rings is 2. The molecule has 0 aliphatic carbocycles. The molecule has 0 unspecified atom stereocenters. The molecule has 3 rings (SSSR count). The summed E-state index contributed by atoms with van der Waals surface area (Å²) in [4.78, 5) is 34.9. The Morgan fingerprint density at radius 1 is 1.18 bits per heavy atom. The molecule has 0 aliphatic heterocycles. The molecule has 0 bridgehead atoms. The van der Waals surface area contributed by atoms with Gasteiger partial charge in [0.2, 0.25) is 5.91 Å². The van der Waals surface area contributed by atoms with Gasteiger partial charge in [-0.25, -0.2) is 4.39 Å². The average Bonchev–Trinajstić information content (AvgIpc) is 3.21. The molecule has 1 heterocycles. The third kappa shape index (κ3) is 5.92. The minimum atomic E-state index is -0.616. The van der Waals surface area contributed by atoms with Crippen LogP contribution in [0.4, 0.5) is 15.8 Å². The lowest BCUT2D eigenvalue weighted by atomic mass is 10.2. The first-order valence-corrected chi connectivity index (χ1v) is 10.9. The van der Waals surface area contributed by atoms with Crippen molar-refractivity contribution in [2.45, 2.75) is 31.6 Å². The summed E-state index contributed by atoms with van der Waals surface area (Å²) >= 11 is 1.16. The van der Waals surface area contributed by atoms with Crippen molar-refractivity contribution >= 4 is 35.0 Å². The maximum atomic E-state index is 13.9. The normalized spacial score (nSPS) is 11.6. The van der Waals surface area contributed by atoms with E-state index in [1.165, 1.54) is 42.5 Å². The van der Waals surface area contributed by atoms with E-state index >= 15 is 0 Å². The highest BCUT2D eigenvalue weighted by atomic mass is 32.2. The monoisotopic (exact) mass is 472 g/mol. The second-order valence-corrected chi connectivity index (χ2v) is 7.84. The first kappa shape index (κ1) is 23.9. The highest BCUT2D eigenvalue weighted by Crippen LogP contribution is 2.22. The molecule has 2 aromatic carbocycles. The van der Waals surface area contributed by atoms with E-state index in [2.05, 4.69) is 20.8 Å². The SMILES string of the molecule is CCn1c(SCC(=O)Nc2ccc([N+](=O)[O-])cc2)nnc1[C@@H](C)NC(=O)c1ccccc1F. The second kappa shape index (κ2) is 10.7. The Kier molecular flexibility index (Phi) is 7.72. The molecule has 0 fully saturated rings. The number of non-ortho nitro benzene ring substituents is 1. The molecule has 0 saturated heterocycles. The van der Waals surface area contributed by atoms with Crippen molar-refractivity contribution in [1.29, 1.82) is 0 Å². The molecule has 0 aliphatic rings. The molecule has 10 nitrogen and oxygen atoms in total. The first-order chi connectivity index (χ1) is 15.8. The molecule has 2 N–H and O–H groups in total. The van der Waals surface area contributed by atoms with Gasteiger partial charge in [-0.1, -0.05) is 23.9 Å². The lowest BCUT2D eigenvalue weighted by molar-refractivity contribution is -0.384. The standard InChI is InChI=1S/C21H21FN6O4S/c1-3-27-19(13(2)23-20(30)16-6-4-5-7-17(16)22)25-26-21(27)33-12-18(29)24-14-8-10-15(11-9-14)28(31)32/h4-11,13H,3,12H2,1-2H3,(H,23,30)(H,24,29)/t13-/m1/s1. The van der Waals surface area contributed by atoms with Crippen molar-refractivity contribution in [2.75, 3.05) is 11.1 Å². The van der Waals surface area contributed by atoms with Crippen LogP contribution in [-0.4, -0.2) is 37.3 Å². The number of carbonyl (C=O) groups excluding carboxylic acids is 2. The summed E-state index contributed by atoms with van der Waals surface area (Å²) in [7, 11) is 0. The lowest BCUT2D eigenvalue weighted by Gasteiger charge is -2.15. The lowest BCUT2D eigenvalue weighted by Crippen LogP contribution is -2.29. The fourth-order valence-electron chi connectivity index (χ4n) is 3.00. The number of nitro benzene ring substituents is 1. The maximum Gasteiger partial charge on any atom is 0.269 e. The zero-order chi connectivity index (χ0) is 24.0. The smallest absolute Gasteiger partial charge is 0.269 e. The van der Waals surface area contributed by atoms with Gasteiger partial charge in [0.25, 0.3) is 11.6 Å². The van der Waals surface area contributed by atoms with Crippen molar-refractivity contribution in [3.05, 3.63) is 75.9 Å². The molecular weight excluding hydrogens is 451 g/mol. The Hall–Kier alpha value is -3.80. The van der Waals surface area contributed by atoms with Crippen LogP contribution >= 0.6 is 11.8 Å². The van der Waals surface area contributed by atoms with Crippen LogP contribution in [0, 0.1) is 15.9 Å². The number of hydrogen-bond donors (Lipinski definition) is 2. The van der Waals surface area contributed by atoms with E-state index in [-0.39, 0.29) is 22.9 Å². The topological polar surface area (TPSA) is 132 Å². The summed E-state index contributed by atoms with van der Waals surface area (Å²) in [5.41, 5.74) is 0.305. The maximum absolute atomic E-state index is 13.9.